The Labute approximate surface area is 223 Å². The number of nitrogens with zero attached hydrogens (tertiary/aromatic N) is 1. The number of nitrogens with one attached hydrogen (secondary N) is 3. The number of carbonyl (C=O) groups excluding carboxylic acids is 2. The number of thioether (sulfide) groups is 1. The number of benzene rings is 3. The summed E-state index contributed by atoms with van der Waals surface area (Å²) >= 11 is 8.28. The SMILES string of the molecule is CC(=O)c1ccc(NC(=S)Nc2cccc(SC(C)C(=O)Nc3nc(-c4ccccc4)cs3)c2)cc1. The van der Waals surface area contributed by atoms with E-state index in [9.17, 15) is 9.59 Å². The molecular weight excluding hydrogens is 509 g/mol. The quantitative estimate of drug-likeness (QED) is 0.129. The van der Waals surface area contributed by atoms with Gasteiger partial charge in [-0.15, -0.1) is 23.1 Å². The van der Waals surface area contributed by atoms with Gasteiger partial charge in [0.05, 0.1) is 10.9 Å². The molecule has 0 saturated heterocycles. The van der Waals surface area contributed by atoms with Crippen molar-refractivity contribution in [2.75, 3.05) is 16.0 Å². The van der Waals surface area contributed by atoms with Crippen LogP contribution in [0, 0.1) is 0 Å². The average molecular weight is 533 g/mol. The van der Waals surface area contributed by atoms with Gasteiger partial charge in [0.15, 0.2) is 16.0 Å². The summed E-state index contributed by atoms with van der Waals surface area (Å²) < 4.78 is 0. The molecule has 0 aliphatic carbocycles. The third kappa shape index (κ3) is 7.00. The van der Waals surface area contributed by atoms with Gasteiger partial charge in [-0.25, -0.2) is 4.98 Å². The fourth-order valence-corrected chi connectivity index (χ4v) is 5.15. The lowest BCUT2D eigenvalue weighted by Gasteiger charge is -2.13. The van der Waals surface area contributed by atoms with Gasteiger partial charge >= 0.3 is 0 Å². The molecule has 0 bridgehead atoms. The van der Waals surface area contributed by atoms with Crippen LogP contribution in [0.2, 0.25) is 0 Å². The van der Waals surface area contributed by atoms with Gasteiger partial charge in [-0.1, -0.05) is 36.4 Å². The predicted octanol–water partition coefficient (Wildman–Crippen LogP) is 6.94. The lowest BCUT2D eigenvalue weighted by Crippen LogP contribution is -2.22. The minimum Gasteiger partial charge on any atom is -0.332 e. The molecule has 36 heavy (non-hydrogen) atoms. The molecule has 1 aromatic heterocycles. The van der Waals surface area contributed by atoms with Gasteiger partial charge in [0.1, 0.15) is 0 Å². The third-order valence-corrected chi connectivity index (χ3v) is 7.18. The summed E-state index contributed by atoms with van der Waals surface area (Å²) in [6.07, 6.45) is 0. The summed E-state index contributed by atoms with van der Waals surface area (Å²) in [5, 5.41) is 11.8. The molecule has 3 aromatic carbocycles. The van der Waals surface area contributed by atoms with E-state index in [0.717, 1.165) is 27.5 Å². The molecule has 4 aromatic rings. The maximum absolute atomic E-state index is 12.8. The van der Waals surface area contributed by atoms with E-state index < -0.39 is 0 Å². The molecule has 3 N–H and O–H groups in total. The highest BCUT2D eigenvalue weighted by Crippen LogP contribution is 2.28. The number of thiazole rings is 1. The first-order chi connectivity index (χ1) is 17.4. The van der Waals surface area contributed by atoms with E-state index in [-0.39, 0.29) is 16.9 Å². The van der Waals surface area contributed by atoms with Crippen LogP contribution in [-0.2, 0) is 4.79 Å². The van der Waals surface area contributed by atoms with Crippen molar-refractivity contribution in [3.63, 3.8) is 0 Å². The second kappa shape index (κ2) is 11.9. The Morgan fingerprint density at radius 1 is 0.917 bits per heavy atom. The monoisotopic (exact) mass is 532 g/mol. The smallest absolute Gasteiger partial charge is 0.239 e. The van der Waals surface area contributed by atoms with Crippen LogP contribution in [-0.4, -0.2) is 27.0 Å². The van der Waals surface area contributed by atoms with E-state index in [1.807, 2.05) is 79.0 Å². The Balaban J connectivity index is 1.31. The van der Waals surface area contributed by atoms with Gasteiger partial charge in [-0.05, 0) is 68.5 Å². The van der Waals surface area contributed by atoms with Gasteiger partial charge < -0.3 is 16.0 Å². The normalized spacial score (nSPS) is 11.4. The van der Waals surface area contributed by atoms with Gasteiger partial charge in [0.2, 0.25) is 5.91 Å². The molecular formula is C27H24N4O2S3. The summed E-state index contributed by atoms with van der Waals surface area (Å²) in [5.74, 6) is -0.0958. The molecule has 0 fully saturated rings. The van der Waals surface area contributed by atoms with Gasteiger partial charge in [-0.2, -0.15) is 0 Å². The standard InChI is InChI=1S/C27H24N4O2S3/c1-17(32)19-11-13-21(14-12-19)28-26(34)29-22-9-6-10-23(15-22)36-18(2)25(33)31-27-30-24(16-35-27)20-7-4-3-5-8-20/h3-16,18H,1-2H3,(H2,28,29,34)(H,30,31,33). The van der Waals surface area contributed by atoms with E-state index in [1.165, 1.54) is 30.0 Å². The van der Waals surface area contributed by atoms with Crippen LogP contribution in [0.25, 0.3) is 11.3 Å². The van der Waals surface area contributed by atoms with E-state index in [2.05, 4.69) is 20.9 Å². The van der Waals surface area contributed by atoms with E-state index in [1.54, 1.807) is 12.1 Å². The molecule has 1 atom stereocenters. The second-order valence-electron chi connectivity index (χ2n) is 7.89. The van der Waals surface area contributed by atoms with Crippen LogP contribution in [0.3, 0.4) is 0 Å². The van der Waals surface area contributed by atoms with Crippen molar-refractivity contribution in [1.82, 2.24) is 4.98 Å². The predicted molar refractivity (Wildman–Crippen MR) is 154 cm³/mol. The maximum atomic E-state index is 12.8. The van der Waals surface area contributed by atoms with Gasteiger partial charge in [-0.3, -0.25) is 9.59 Å². The molecule has 1 amide bonds. The minimum atomic E-state index is -0.325. The summed E-state index contributed by atoms with van der Waals surface area (Å²) in [6.45, 7) is 3.40. The van der Waals surface area contributed by atoms with Crippen molar-refractivity contribution in [2.45, 2.75) is 24.0 Å². The first kappa shape index (κ1) is 25.6. The molecule has 4 rings (SSSR count). The third-order valence-electron chi connectivity index (χ3n) is 5.13. The molecule has 9 heteroatoms. The molecule has 0 aliphatic heterocycles. The van der Waals surface area contributed by atoms with Crippen LogP contribution < -0.4 is 16.0 Å². The highest BCUT2D eigenvalue weighted by atomic mass is 32.2. The topological polar surface area (TPSA) is 83.1 Å². The van der Waals surface area contributed by atoms with Gasteiger partial charge in [0.25, 0.3) is 0 Å². The van der Waals surface area contributed by atoms with E-state index >= 15 is 0 Å². The number of Topliss-reactive ketones (excluding diaryl/α,β-unsaturated/α-hetero) is 1. The number of hydrogen-bond acceptors (Lipinski definition) is 6. The number of carbonyl (C=O) groups is 2. The van der Waals surface area contributed by atoms with Crippen LogP contribution in [0.1, 0.15) is 24.2 Å². The lowest BCUT2D eigenvalue weighted by atomic mass is 10.1. The number of thiocarbonyl (C=S) groups is 1. The fourth-order valence-electron chi connectivity index (χ4n) is 3.27. The number of anilines is 3. The van der Waals surface area contributed by atoms with Crippen molar-refractivity contribution < 1.29 is 9.59 Å². The summed E-state index contributed by atoms with van der Waals surface area (Å²) in [6, 6.07) is 24.7. The number of aromatic nitrogens is 1. The summed E-state index contributed by atoms with van der Waals surface area (Å²) in [5.41, 5.74) is 4.09. The molecule has 6 nitrogen and oxygen atoms in total. The van der Waals surface area contributed by atoms with Crippen molar-refractivity contribution >= 4 is 68.6 Å². The molecule has 0 spiro atoms. The van der Waals surface area contributed by atoms with Gasteiger partial charge in [0, 0.05) is 32.8 Å². The Morgan fingerprint density at radius 3 is 2.36 bits per heavy atom. The number of amides is 1. The molecule has 1 heterocycles. The lowest BCUT2D eigenvalue weighted by molar-refractivity contribution is -0.115. The van der Waals surface area contributed by atoms with Crippen molar-refractivity contribution in [1.29, 1.82) is 0 Å². The number of rotatable bonds is 8. The second-order valence-corrected chi connectivity index (χ2v) is 10.6. The largest absolute Gasteiger partial charge is 0.332 e. The zero-order valence-electron chi connectivity index (χ0n) is 19.6. The van der Waals surface area contributed by atoms with Crippen molar-refractivity contribution in [2.24, 2.45) is 0 Å². The Morgan fingerprint density at radius 2 is 1.64 bits per heavy atom. The molecule has 1 unspecified atom stereocenters. The van der Waals surface area contributed by atoms with Crippen LogP contribution in [0.5, 0.6) is 0 Å². The highest BCUT2D eigenvalue weighted by molar-refractivity contribution is 8.00. The first-order valence-corrected chi connectivity index (χ1v) is 13.3. The Bertz CT molecular complexity index is 1370. The summed E-state index contributed by atoms with van der Waals surface area (Å²) in [4.78, 5) is 29.7. The zero-order valence-corrected chi connectivity index (χ0v) is 22.1. The summed E-state index contributed by atoms with van der Waals surface area (Å²) in [7, 11) is 0. The van der Waals surface area contributed by atoms with Crippen LogP contribution >= 0.6 is 35.3 Å². The zero-order chi connectivity index (χ0) is 25.5. The van der Waals surface area contributed by atoms with Crippen molar-refractivity contribution in [3.8, 4) is 11.3 Å². The van der Waals surface area contributed by atoms with E-state index in [0.29, 0.717) is 15.8 Å². The van der Waals surface area contributed by atoms with Crippen LogP contribution in [0.4, 0.5) is 16.5 Å². The molecule has 0 saturated carbocycles. The maximum Gasteiger partial charge on any atom is 0.239 e. The van der Waals surface area contributed by atoms with E-state index in [4.69, 9.17) is 12.2 Å². The first-order valence-electron chi connectivity index (χ1n) is 11.1. The number of hydrogen-bond donors (Lipinski definition) is 3. The number of ketones is 1. The average Bonchev–Trinajstić information content (AvgIpc) is 3.33. The molecule has 182 valence electrons. The van der Waals surface area contributed by atoms with Crippen LogP contribution in [0.15, 0.2) is 89.1 Å². The Hall–Kier alpha value is -3.53. The molecule has 0 radical (unpaired) electrons. The Kier molecular flexibility index (Phi) is 8.48. The highest BCUT2D eigenvalue weighted by Gasteiger charge is 2.17. The van der Waals surface area contributed by atoms with Crippen molar-refractivity contribution in [3.05, 3.63) is 89.8 Å². The molecule has 0 aliphatic rings. The fraction of sp³-hybridized carbons (Fsp3) is 0.111. The minimum absolute atomic E-state index is 0.0167.